The van der Waals surface area contributed by atoms with Crippen molar-refractivity contribution in [3.05, 3.63) is 0 Å². The van der Waals surface area contributed by atoms with Crippen molar-refractivity contribution in [3.8, 4) is 0 Å². The SMILES string of the molecule is C[C@H]1C[C@H]2[C@@H]3CCC(=O)[C@@]3(C)CC[C@@H]2[C@@]2(C)CCC[C@H]3O[C@]132. The third-order valence-electron chi connectivity index (χ3n) is 9.14. The normalized spacial score (nSPS) is 62.7. The Labute approximate surface area is 134 Å². The van der Waals surface area contributed by atoms with Crippen molar-refractivity contribution in [3.63, 3.8) is 0 Å². The lowest BCUT2D eigenvalue weighted by Gasteiger charge is -2.60. The summed E-state index contributed by atoms with van der Waals surface area (Å²) in [5.74, 6) is 3.49. The fourth-order valence-electron chi connectivity index (χ4n) is 8.06. The second-order valence-corrected chi connectivity index (χ2v) is 9.64. The number of hydrogen-bond donors (Lipinski definition) is 0. The maximum absolute atomic E-state index is 12.5. The lowest BCUT2D eigenvalue weighted by molar-refractivity contribution is -0.145. The molecule has 0 bridgehead atoms. The van der Waals surface area contributed by atoms with E-state index in [-0.39, 0.29) is 11.0 Å². The third kappa shape index (κ3) is 1.33. The topological polar surface area (TPSA) is 29.6 Å². The molecule has 0 radical (unpaired) electrons. The molecule has 4 aliphatic carbocycles. The Morgan fingerprint density at radius 1 is 1.09 bits per heavy atom. The molecule has 0 N–H and O–H groups in total. The fraction of sp³-hybridized carbons (Fsp3) is 0.950. The highest BCUT2D eigenvalue weighted by Crippen LogP contribution is 2.73. The zero-order valence-corrected chi connectivity index (χ0v) is 14.4. The minimum atomic E-state index is 0.0141. The predicted octanol–water partition coefficient (Wildman–Crippen LogP) is 4.37. The molecule has 1 aliphatic heterocycles. The molecular weight excluding hydrogens is 272 g/mol. The molecule has 0 amide bonds. The Kier molecular flexibility index (Phi) is 2.54. The molecule has 122 valence electrons. The molecule has 5 aliphatic rings. The zero-order chi connectivity index (χ0) is 15.3. The number of Topliss-reactive ketones (excluding diaryl/α,β-unsaturated/α-hetero) is 1. The molecule has 2 nitrogen and oxygen atoms in total. The summed E-state index contributed by atoms with van der Waals surface area (Å²) >= 11 is 0. The predicted molar refractivity (Wildman–Crippen MR) is 85.4 cm³/mol. The lowest BCUT2D eigenvalue weighted by atomic mass is 9.43. The first kappa shape index (κ1) is 14.0. The highest BCUT2D eigenvalue weighted by atomic mass is 16.6. The van der Waals surface area contributed by atoms with E-state index in [0.29, 0.717) is 29.1 Å². The molecule has 0 aromatic rings. The Morgan fingerprint density at radius 2 is 1.91 bits per heavy atom. The van der Waals surface area contributed by atoms with Crippen LogP contribution in [0.3, 0.4) is 0 Å². The molecular formula is C20H30O2. The molecule has 0 aromatic carbocycles. The van der Waals surface area contributed by atoms with Gasteiger partial charge in [-0.25, -0.2) is 0 Å². The van der Waals surface area contributed by atoms with Crippen molar-refractivity contribution in [1.82, 2.24) is 0 Å². The Balaban J connectivity index is 1.56. The van der Waals surface area contributed by atoms with Crippen LogP contribution in [0.1, 0.15) is 72.1 Å². The molecule has 1 heterocycles. The summed E-state index contributed by atoms with van der Waals surface area (Å²) in [4.78, 5) is 12.5. The van der Waals surface area contributed by atoms with E-state index in [1.807, 2.05) is 0 Å². The Morgan fingerprint density at radius 3 is 2.73 bits per heavy atom. The van der Waals surface area contributed by atoms with E-state index >= 15 is 0 Å². The van der Waals surface area contributed by atoms with E-state index in [1.165, 1.54) is 32.1 Å². The molecule has 22 heavy (non-hydrogen) atoms. The van der Waals surface area contributed by atoms with Gasteiger partial charge in [0, 0.05) is 17.3 Å². The van der Waals surface area contributed by atoms with E-state index in [2.05, 4.69) is 20.8 Å². The Hall–Kier alpha value is -0.370. The summed E-state index contributed by atoms with van der Waals surface area (Å²) in [5.41, 5.74) is 0.605. The van der Waals surface area contributed by atoms with Crippen LogP contribution in [0, 0.1) is 34.5 Å². The average Bonchev–Trinajstić information content (AvgIpc) is 3.15. The summed E-state index contributed by atoms with van der Waals surface area (Å²) in [5, 5.41) is 0. The lowest BCUT2D eigenvalue weighted by Crippen LogP contribution is -2.60. The van der Waals surface area contributed by atoms with Crippen LogP contribution in [0.2, 0.25) is 0 Å². The van der Waals surface area contributed by atoms with Crippen molar-refractivity contribution in [2.75, 3.05) is 0 Å². The molecule has 2 heteroatoms. The monoisotopic (exact) mass is 302 g/mol. The van der Waals surface area contributed by atoms with Gasteiger partial charge in [-0.3, -0.25) is 4.79 Å². The van der Waals surface area contributed by atoms with Crippen LogP contribution in [-0.2, 0) is 9.53 Å². The van der Waals surface area contributed by atoms with Crippen molar-refractivity contribution < 1.29 is 9.53 Å². The maximum Gasteiger partial charge on any atom is 0.139 e. The van der Waals surface area contributed by atoms with Gasteiger partial charge in [0.25, 0.3) is 0 Å². The molecule has 1 spiro atoms. The van der Waals surface area contributed by atoms with Crippen LogP contribution < -0.4 is 0 Å². The number of ketones is 1. The first-order valence-electron chi connectivity index (χ1n) is 9.64. The van der Waals surface area contributed by atoms with Crippen molar-refractivity contribution in [2.24, 2.45) is 34.5 Å². The molecule has 8 atom stereocenters. The quantitative estimate of drug-likeness (QED) is 0.622. The van der Waals surface area contributed by atoms with E-state index in [9.17, 15) is 4.79 Å². The molecule has 1 saturated heterocycles. The second-order valence-electron chi connectivity index (χ2n) is 9.64. The minimum absolute atomic E-state index is 0.0141. The van der Waals surface area contributed by atoms with Crippen LogP contribution in [0.5, 0.6) is 0 Å². The largest absolute Gasteiger partial charge is 0.365 e. The van der Waals surface area contributed by atoms with Crippen molar-refractivity contribution in [2.45, 2.75) is 83.8 Å². The van der Waals surface area contributed by atoms with Gasteiger partial charge in [-0.15, -0.1) is 0 Å². The number of carbonyl (C=O) groups excluding carboxylic acids is 1. The van der Waals surface area contributed by atoms with Gasteiger partial charge < -0.3 is 4.74 Å². The molecule has 0 unspecified atom stereocenters. The van der Waals surface area contributed by atoms with Gasteiger partial charge in [0.05, 0.1) is 6.10 Å². The van der Waals surface area contributed by atoms with Crippen molar-refractivity contribution >= 4 is 5.78 Å². The Bertz CT molecular complexity index is 542. The van der Waals surface area contributed by atoms with Gasteiger partial charge >= 0.3 is 0 Å². The van der Waals surface area contributed by atoms with Gasteiger partial charge in [0.1, 0.15) is 11.4 Å². The number of fused-ring (bicyclic) bond motifs is 4. The van der Waals surface area contributed by atoms with Gasteiger partial charge in [0.2, 0.25) is 0 Å². The minimum Gasteiger partial charge on any atom is -0.365 e. The number of hydrogen-bond acceptors (Lipinski definition) is 2. The highest BCUT2D eigenvalue weighted by Gasteiger charge is 2.76. The van der Waals surface area contributed by atoms with Crippen LogP contribution in [0.25, 0.3) is 0 Å². The van der Waals surface area contributed by atoms with E-state index < -0.39 is 0 Å². The maximum atomic E-state index is 12.5. The smallest absolute Gasteiger partial charge is 0.139 e. The highest BCUT2D eigenvalue weighted by molar-refractivity contribution is 5.87. The van der Waals surface area contributed by atoms with E-state index in [1.54, 1.807) is 0 Å². The van der Waals surface area contributed by atoms with Crippen LogP contribution in [0.4, 0.5) is 0 Å². The number of rotatable bonds is 0. The van der Waals surface area contributed by atoms with Crippen LogP contribution in [0.15, 0.2) is 0 Å². The number of carbonyl (C=O) groups is 1. The zero-order valence-electron chi connectivity index (χ0n) is 14.4. The first-order chi connectivity index (χ1) is 10.4. The first-order valence-corrected chi connectivity index (χ1v) is 9.64. The summed E-state index contributed by atoms with van der Waals surface area (Å²) in [6, 6.07) is 0. The molecule has 5 fully saturated rings. The second kappa shape index (κ2) is 3.99. The van der Waals surface area contributed by atoms with Crippen LogP contribution in [-0.4, -0.2) is 17.5 Å². The van der Waals surface area contributed by atoms with Gasteiger partial charge in [-0.2, -0.15) is 0 Å². The summed E-state index contributed by atoms with van der Waals surface area (Å²) < 4.78 is 6.42. The van der Waals surface area contributed by atoms with Gasteiger partial charge in [-0.05, 0) is 62.2 Å². The third-order valence-corrected chi connectivity index (χ3v) is 9.14. The molecule has 5 rings (SSSR count). The summed E-state index contributed by atoms with van der Waals surface area (Å²) in [7, 11) is 0. The van der Waals surface area contributed by atoms with Crippen molar-refractivity contribution in [1.29, 1.82) is 0 Å². The number of ether oxygens (including phenoxy) is 1. The van der Waals surface area contributed by atoms with E-state index in [0.717, 1.165) is 31.1 Å². The molecule has 0 aromatic heterocycles. The van der Waals surface area contributed by atoms with Crippen LogP contribution >= 0.6 is 0 Å². The summed E-state index contributed by atoms with van der Waals surface area (Å²) in [6.07, 6.45) is 10.3. The standard InChI is InChI=1S/C20H30O2/c1-12-11-13-14-6-7-16(21)18(14,2)10-8-15(13)19(3)9-4-5-17-20(12,19)22-17/h12-15,17H,4-11H2,1-3H3/t12-,13-,14-,15-,17+,18-,19+,20+/m0/s1. The average molecular weight is 302 g/mol. The molecule has 4 saturated carbocycles. The van der Waals surface area contributed by atoms with Gasteiger partial charge in [0.15, 0.2) is 0 Å². The van der Waals surface area contributed by atoms with E-state index in [4.69, 9.17) is 4.74 Å². The number of epoxide rings is 1. The van der Waals surface area contributed by atoms with Gasteiger partial charge in [-0.1, -0.05) is 27.2 Å². The fourth-order valence-corrected chi connectivity index (χ4v) is 8.06. The summed E-state index contributed by atoms with van der Waals surface area (Å²) in [6.45, 7) is 7.29.